The summed E-state index contributed by atoms with van der Waals surface area (Å²) >= 11 is 0. The Morgan fingerprint density at radius 2 is 1.88 bits per heavy atom. The molecule has 1 amide bonds. The Bertz CT molecular complexity index is 1530. The number of hydrogen-bond donors (Lipinski definition) is 2. The predicted molar refractivity (Wildman–Crippen MR) is 125 cm³/mol. The molecule has 0 radical (unpaired) electrons. The Balaban J connectivity index is 1.84. The predicted octanol–water partition coefficient (Wildman–Crippen LogP) is 1.45. The number of nitrogens with one attached hydrogen (secondary N) is 1. The van der Waals surface area contributed by atoms with Crippen LogP contribution in [0.5, 0.6) is 5.88 Å². The van der Waals surface area contributed by atoms with Gasteiger partial charge in [-0.05, 0) is 55.3 Å². The van der Waals surface area contributed by atoms with E-state index in [1.165, 1.54) is 25.1 Å². The van der Waals surface area contributed by atoms with Crippen LogP contribution in [-0.2, 0) is 4.79 Å². The van der Waals surface area contributed by atoms with Gasteiger partial charge in [-0.1, -0.05) is 18.2 Å². The molecule has 0 saturated carbocycles. The van der Waals surface area contributed by atoms with Gasteiger partial charge >= 0.3 is 5.69 Å². The quantitative estimate of drug-likeness (QED) is 0.578. The smallest absolute Gasteiger partial charge is 0.335 e. The number of aromatic hydroxyl groups is 1. The second kappa shape index (κ2) is 9.30. The average molecular weight is 462 g/mol. The molecular weight excluding hydrogens is 439 g/mol. The SMILES string of the molecule is CCN(CCC1=c2ccccc2=N/C1=C\c1c(O)n(-c2ccc(F)cc2)c(=O)[nH]c1=O)C(C)=O. The van der Waals surface area contributed by atoms with Crippen LogP contribution in [0, 0.1) is 5.82 Å². The average Bonchev–Trinajstić information content (AvgIpc) is 3.15. The number of halogens is 1. The molecule has 174 valence electrons. The number of H-pyrrole nitrogens is 1. The van der Waals surface area contributed by atoms with E-state index in [1.54, 1.807) is 4.90 Å². The number of carbonyl (C=O) groups excluding carboxylic acids is 1. The van der Waals surface area contributed by atoms with Crippen molar-refractivity contribution in [2.45, 2.75) is 20.3 Å². The summed E-state index contributed by atoms with van der Waals surface area (Å²) in [4.78, 5) is 45.4. The zero-order valence-electron chi connectivity index (χ0n) is 18.7. The van der Waals surface area contributed by atoms with Crippen LogP contribution in [0.2, 0.25) is 0 Å². The van der Waals surface area contributed by atoms with Crippen molar-refractivity contribution >= 4 is 17.6 Å². The van der Waals surface area contributed by atoms with Crippen molar-refractivity contribution in [3.8, 4) is 11.6 Å². The molecule has 4 rings (SSSR count). The molecule has 8 nitrogen and oxygen atoms in total. The van der Waals surface area contributed by atoms with Gasteiger partial charge in [0.25, 0.3) is 5.56 Å². The van der Waals surface area contributed by atoms with Gasteiger partial charge in [-0.15, -0.1) is 0 Å². The first-order valence-electron chi connectivity index (χ1n) is 10.8. The van der Waals surface area contributed by atoms with Crippen LogP contribution < -0.4 is 21.8 Å². The molecule has 2 N–H and O–H groups in total. The molecule has 9 heteroatoms. The third-order valence-corrected chi connectivity index (χ3v) is 5.72. The molecule has 0 saturated heterocycles. The van der Waals surface area contributed by atoms with Gasteiger partial charge in [-0.25, -0.2) is 18.7 Å². The highest BCUT2D eigenvalue weighted by Gasteiger charge is 2.19. The molecule has 0 unspecified atom stereocenters. The Morgan fingerprint density at radius 1 is 1.18 bits per heavy atom. The summed E-state index contributed by atoms with van der Waals surface area (Å²) in [6.45, 7) is 4.42. The molecule has 0 spiro atoms. The van der Waals surface area contributed by atoms with Crippen molar-refractivity contribution in [2.75, 3.05) is 13.1 Å². The number of hydrogen-bond acceptors (Lipinski definition) is 5. The molecule has 2 heterocycles. The van der Waals surface area contributed by atoms with E-state index < -0.39 is 22.9 Å². The monoisotopic (exact) mass is 462 g/mol. The summed E-state index contributed by atoms with van der Waals surface area (Å²) in [5, 5.41) is 12.4. The van der Waals surface area contributed by atoms with Crippen LogP contribution in [0.15, 0.2) is 68.8 Å². The molecule has 1 aromatic heterocycles. The summed E-state index contributed by atoms with van der Waals surface area (Å²) in [5.74, 6) is -1.13. The number of nitrogens with zero attached hydrogens (tertiary/aromatic N) is 3. The van der Waals surface area contributed by atoms with Crippen LogP contribution in [0.1, 0.15) is 25.8 Å². The van der Waals surface area contributed by atoms with Crippen molar-refractivity contribution in [3.05, 3.63) is 97.0 Å². The minimum atomic E-state index is -0.854. The minimum Gasteiger partial charge on any atom is -0.494 e. The van der Waals surface area contributed by atoms with Crippen molar-refractivity contribution in [3.63, 3.8) is 0 Å². The van der Waals surface area contributed by atoms with Crippen LogP contribution in [0.25, 0.3) is 17.3 Å². The van der Waals surface area contributed by atoms with Crippen LogP contribution in [0.4, 0.5) is 4.39 Å². The number of rotatable bonds is 6. The van der Waals surface area contributed by atoms with E-state index >= 15 is 0 Å². The van der Waals surface area contributed by atoms with E-state index in [4.69, 9.17) is 0 Å². The van der Waals surface area contributed by atoms with E-state index in [0.29, 0.717) is 30.6 Å². The Morgan fingerprint density at radius 3 is 2.56 bits per heavy atom. The number of amides is 1. The number of benzene rings is 2. The first-order chi connectivity index (χ1) is 16.3. The Hall–Kier alpha value is -4.27. The van der Waals surface area contributed by atoms with Gasteiger partial charge in [-0.2, -0.15) is 0 Å². The Labute approximate surface area is 193 Å². The molecular formula is C25H23FN4O4. The van der Waals surface area contributed by atoms with Gasteiger partial charge in [0, 0.05) is 25.2 Å². The zero-order chi connectivity index (χ0) is 24.4. The molecule has 0 aliphatic carbocycles. The fraction of sp³-hybridized carbons (Fsp3) is 0.200. The van der Waals surface area contributed by atoms with Gasteiger partial charge < -0.3 is 10.0 Å². The standard InChI is InChI=1S/C25H23FN4O4/c1-3-29(15(2)31)13-12-19-18-6-4-5-7-21(18)27-22(19)14-20-23(32)28-25(34)30(24(20)33)17-10-8-16(26)9-11-17/h4-11,14,33H,3,12-13H2,1-2H3,(H,28,32,34)/b22-14-. The number of aromatic amines is 1. The van der Waals surface area contributed by atoms with Crippen molar-refractivity contribution in [1.29, 1.82) is 0 Å². The maximum absolute atomic E-state index is 13.3. The lowest BCUT2D eigenvalue weighted by atomic mass is 10.1. The summed E-state index contributed by atoms with van der Waals surface area (Å²) in [6.07, 6.45) is 1.91. The number of para-hydroxylation sites is 1. The van der Waals surface area contributed by atoms with E-state index in [2.05, 4.69) is 9.98 Å². The third-order valence-electron chi connectivity index (χ3n) is 5.72. The van der Waals surface area contributed by atoms with E-state index in [9.17, 15) is 23.9 Å². The second-order valence-corrected chi connectivity index (χ2v) is 7.79. The fourth-order valence-electron chi connectivity index (χ4n) is 3.96. The maximum Gasteiger partial charge on any atom is 0.335 e. The third kappa shape index (κ3) is 4.32. The number of aromatic nitrogens is 2. The molecule has 1 aliphatic rings. The van der Waals surface area contributed by atoms with Gasteiger partial charge in [0.2, 0.25) is 11.8 Å². The van der Waals surface area contributed by atoms with Gasteiger partial charge in [-0.3, -0.25) is 14.6 Å². The lowest BCUT2D eigenvalue weighted by Gasteiger charge is -2.19. The maximum atomic E-state index is 13.3. The van der Waals surface area contributed by atoms with Crippen LogP contribution >= 0.6 is 0 Å². The van der Waals surface area contributed by atoms with Crippen LogP contribution in [0.3, 0.4) is 0 Å². The number of fused-ring (bicyclic) bond motifs is 1. The van der Waals surface area contributed by atoms with E-state index in [1.807, 2.05) is 31.2 Å². The molecule has 34 heavy (non-hydrogen) atoms. The lowest BCUT2D eigenvalue weighted by molar-refractivity contribution is -0.128. The van der Waals surface area contributed by atoms with E-state index in [0.717, 1.165) is 27.5 Å². The van der Waals surface area contributed by atoms with Crippen molar-refractivity contribution in [1.82, 2.24) is 14.5 Å². The van der Waals surface area contributed by atoms with Crippen molar-refractivity contribution in [2.24, 2.45) is 4.99 Å². The normalized spacial score (nSPS) is 13.6. The highest BCUT2D eigenvalue weighted by atomic mass is 19.1. The molecule has 1 aliphatic heterocycles. The van der Waals surface area contributed by atoms with Crippen molar-refractivity contribution < 1.29 is 14.3 Å². The molecule has 0 bridgehead atoms. The summed E-state index contributed by atoms with van der Waals surface area (Å²) < 4.78 is 14.2. The highest BCUT2D eigenvalue weighted by Crippen LogP contribution is 2.24. The number of allylic oxidation sites excluding steroid dienone is 1. The summed E-state index contributed by atoms with van der Waals surface area (Å²) in [6, 6.07) is 12.4. The first kappa shape index (κ1) is 22.9. The second-order valence-electron chi connectivity index (χ2n) is 7.79. The zero-order valence-corrected chi connectivity index (χ0v) is 18.7. The molecule has 2 aromatic carbocycles. The molecule has 0 atom stereocenters. The van der Waals surface area contributed by atoms with E-state index in [-0.39, 0.29) is 17.2 Å². The fourth-order valence-corrected chi connectivity index (χ4v) is 3.96. The first-order valence-corrected chi connectivity index (χ1v) is 10.8. The molecule has 0 fully saturated rings. The van der Waals surface area contributed by atoms with Gasteiger partial charge in [0.05, 0.1) is 16.7 Å². The molecule has 3 aromatic rings. The topological polar surface area (TPSA) is 108 Å². The number of carbonyl (C=O) groups is 1. The van der Waals surface area contributed by atoms with Gasteiger partial charge in [0.1, 0.15) is 11.4 Å². The van der Waals surface area contributed by atoms with Crippen LogP contribution in [-0.4, -0.2) is 38.6 Å². The minimum absolute atomic E-state index is 0.0442. The highest BCUT2D eigenvalue weighted by molar-refractivity contribution is 5.77. The largest absolute Gasteiger partial charge is 0.494 e. The summed E-state index contributed by atoms with van der Waals surface area (Å²) in [7, 11) is 0. The van der Waals surface area contributed by atoms with Gasteiger partial charge in [0.15, 0.2) is 0 Å². The lowest BCUT2D eigenvalue weighted by Crippen LogP contribution is -2.31. The summed E-state index contributed by atoms with van der Waals surface area (Å²) in [5.41, 5.74) is -0.341. The Kier molecular flexibility index (Phi) is 6.27.